The lowest BCUT2D eigenvalue weighted by atomic mass is 9.97. The van der Waals surface area contributed by atoms with Crippen LogP contribution >= 0.6 is 11.3 Å². The Bertz CT molecular complexity index is 1640. The molecule has 47 heavy (non-hydrogen) atoms. The smallest absolute Gasteiger partial charge is 0.408 e. The fourth-order valence-electron chi connectivity index (χ4n) is 5.52. The van der Waals surface area contributed by atoms with E-state index >= 15 is 0 Å². The number of benzene rings is 1. The molecule has 2 unspecified atom stereocenters. The fraction of sp³-hybridized carbons (Fsp3) is 0.500. The maximum absolute atomic E-state index is 14.2. The minimum Gasteiger partial charge on any atom is -0.444 e. The predicted molar refractivity (Wildman–Crippen MR) is 174 cm³/mol. The molecule has 15 heteroatoms. The zero-order valence-corrected chi connectivity index (χ0v) is 28.3. The number of hydrogen-bond donors (Lipinski definition) is 2. The van der Waals surface area contributed by atoms with E-state index in [1.54, 1.807) is 33.0 Å². The Hall–Kier alpha value is -3.79. The van der Waals surface area contributed by atoms with Crippen LogP contribution in [0, 0.1) is 0 Å². The van der Waals surface area contributed by atoms with E-state index in [9.17, 15) is 22.8 Å². The van der Waals surface area contributed by atoms with Crippen molar-refractivity contribution in [3.63, 3.8) is 0 Å². The highest BCUT2D eigenvalue weighted by Gasteiger charge is 2.50. The molecule has 13 nitrogen and oxygen atoms in total. The number of nitrogens with one attached hydrogen (secondary N) is 2. The van der Waals surface area contributed by atoms with Gasteiger partial charge in [0.05, 0.1) is 18.4 Å². The van der Waals surface area contributed by atoms with Crippen LogP contribution < -0.4 is 10.8 Å². The van der Waals surface area contributed by atoms with E-state index in [2.05, 4.69) is 15.8 Å². The largest absolute Gasteiger partial charge is 0.444 e. The molecule has 0 bridgehead atoms. The van der Waals surface area contributed by atoms with Crippen molar-refractivity contribution in [2.75, 3.05) is 32.0 Å². The second-order valence-corrected chi connectivity index (χ2v) is 16.0. The summed E-state index contributed by atoms with van der Waals surface area (Å²) < 4.78 is 42.9. The Labute approximate surface area is 277 Å². The number of rotatable bonds is 9. The number of ether oxygens (including phenoxy) is 2. The highest BCUT2D eigenvalue weighted by Crippen LogP contribution is 2.45. The van der Waals surface area contributed by atoms with Crippen molar-refractivity contribution in [2.24, 2.45) is 0 Å². The van der Waals surface area contributed by atoms with Gasteiger partial charge in [0, 0.05) is 41.4 Å². The normalized spacial score (nSPS) is 21.4. The molecule has 2 N–H and O–H groups in total. The van der Waals surface area contributed by atoms with E-state index in [4.69, 9.17) is 18.7 Å². The Kier molecular flexibility index (Phi) is 10.7. The summed E-state index contributed by atoms with van der Waals surface area (Å²) >= 11 is 1.29. The minimum atomic E-state index is -4.00. The summed E-state index contributed by atoms with van der Waals surface area (Å²) in [5.74, 6) is -0.813. The summed E-state index contributed by atoms with van der Waals surface area (Å²) in [6, 6.07) is 11.2. The van der Waals surface area contributed by atoms with Gasteiger partial charge in [0.2, 0.25) is 11.8 Å². The average molecular weight is 689 g/mol. The number of carbonyl (C=O) groups is 3. The van der Waals surface area contributed by atoms with E-state index in [1.165, 1.54) is 22.6 Å². The molecule has 0 aliphatic carbocycles. The van der Waals surface area contributed by atoms with Crippen LogP contribution in [0.15, 0.2) is 53.4 Å². The zero-order chi connectivity index (χ0) is 33.7. The van der Waals surface area contributed by atoms with E-state index in [0.717, 1.165) is 28.8 Å². The van der Waals surface area contributed by atoms with Crippen LogP contribution in [0.1, 0.15) is 57.8 Å². The number of nitrogens with zero attached hydrogens (tertiary/aromatic N) is 2. The van der Waals surface area contributed by atoms with Crippen LogP contribution in [0.3, 0.4) is 0 Å². The van der Waals surface area contributed by atoms with Gasteiger partial charge in [-0.2, -0.15) is 0 Å². The Morgan fingerprint density at radius 1 is 1.09 bits per heavy atom. The lowest BCUT2D eigenvalue weighted by Crippen LogP contribution is -2.43. The second-order valence-electron chi connectivity index (χ2n) is 12.5. The first-order chi connectivity index (χ1) is 22.3. The third-order valence-electron chi connectivity index (χ3n) is 7.98. The number of carbonyl (C=O) groups excluding carboxylic acids is 3. The summed E-state index contributed by atoms with van der Waals surface area (Å²) in [4.78, 5) is 50.7. The van der Waals surface area contributed by atoms with E-state index in [0.29, 0.717) is 23.7 Å². The molecule has 2 aliphatic heterocycles. The average Bonchev–Trinajstić information content (AvgIpc) is 3.73. The molecule has 3 aromatic rings. The summed E-state index contributed by atoms with van der Waals surface area (Å²) in [6.07, 6.45) is 3.59. The van der Waals surface area contributed by atoms with Crippen LogP contribution in [0.25, 0.3) is 21.8 Å². The Balaban J connectivity index is 1.38. The molecular formula is C32H40N4O9S2. The molecular weight excluding hydrogens is 649 g/mol. The van der Waals surface area contributed by atoms with Crippen LogP contribution in [0.4, 0.5) is 4.79 Å². The van der Waals surface area contributed by atoms with Gasteiger partial charge in [-0.05, 0) is 57.7 Å². The maximum atomic E-state index is 14.2. The third-order valence-corrected chi connectivity index (χ3v) is 11.9. The quantitative estimate of drug-likeness (QED) is 0.308. The molecule has 2 fully saturated rings. The molecule has 0 saturated carbocycles. The van der Waals surface area contributed by atoms with Crippen molar-refractivity contribution < 1.29 is 41.5 Å². The van der Waals surface area contributed by atoms with Gasteiger partial charge in [-0.3, -0.25) is 9.59 Å². The molecule has 2 aliphatic rings. The monoisotopic (exact) mass is 688 g/mol. The molecule has 2 aromatic heterocycles. The Morgan fingerprint density at radius 3 is 2.53 bits per heavy atom. The summed E-state index contributed by atoms with van der Waals surface area (Å²) in [5.41, 5.74) is 3.38. The number of thiophene rings is 1. The molecule has 1 aromatic carbocycles. The maximum Gasteiger partial charge on any atom is 0.408 e. The second kappa shape index (κ2) is 14.5. The highest BCUT2D eigenvalue weighted by atomic mass is 32.2. The fourth-order valence-corrected chi connectivity index (χ4v) is 9.13. The summed E-state index contributed by atoms with van der Waals surface area (Å²) in [5, 5.41) is 2.44. The number of sulfone groups is 1. The SMILES string of the molecule is CC(C)(C)OC(=O)NCC(=O)N1CCC(CC(=O)NOC2CCCCO2)(c2ccc(-c3ccc(-c4cnco4)cc3)s2)S(=O)(=O)CC1. The van der Waals surface area contributed by atoms with Gasteiger partial charge in [0.25, 0.3) is 0 Å². The number of amides is 3. The van der Waals surface area contributed by atoms with Crippen molar-refractivity contribution in [2.45, 2.75) is 69.5 Å². The molecule has 2 atom stereocenters. The molecule has 4 heterocycles. The van der Waals surface area contributed by atoms with Crippen molar-refractivity contribution in [1.29, 1.82) is 0 Å². The van der Waals surface area contributed by atoms with Gasteiger partial charge in [0.1, 0.15) is 16.9 Å². The molecule has 5 rings (SSSR count). The Morgan fingerprint density at radius 2 is 1.85 bits per heavy atom. The first-order valence-corrected chi connectivity index (χ1v) is 17.9. The van der Waals surface area contributed by atoms with Crippen molar-refractivity contribution in [3.05, 3.63) is 53.9 Å². The zero-order valence-electron chi connectivity index (χ0n) is 26.7. The number of aromatic nitrogens is 1. The first kappa shape index (κ1) is 34.5. The van der Waals surface area contributed by atoms with Gasteiger partial charge < -0.3 is 24.1 Å². The van der Waals surface area contributed by atoms with Gasteiger partial charge in [-0.25, -0.2) is 28.5 Å². The number of alkyl carbamates (subject to hydrolysis) is 1. The minimum absolute atomic E-state index is 0.0365. The van der Waals surface area contributed by atoms with Crippen molar-refractivity contribution in [1.82, 2.24) is 20.7 Å². The third kappa shape index (κ3) is 8.58. The topological polar surface area (TPSA) is 166 Å². The summed E-state index contributed by atoms with van der Waals surface area (Å²) in [6.45, 7) is 5.25. The van der Waals surface area contributed by atoms with Crippen LogP contribution in [0.2, 0.25) is 0 Å². The van der Waals surface area contributed by atoms with Gasteiger partial charge in [0.15, 0.2) is 28.3 Å². The lowest BCUT2D eigenvalue weighted by Gasteiger charge is -2.31. The number of oxazole rings is 1. The van der Waals surface area contributed by atoms with Gasteiger partial charge in [-0.15, -0.1) is 11.3 Å². The van der Waals surface area contributed by atoms with Crippen LogP contribution in [0.5, 0.6) is 0 Å². The molecule has 0 spiro atoms. The molecule has 0 radical (unpaired) electrons. The standard InChI is InChI=1S/C32H40N4O9S2/c1-31(2,3)44-30(39)34-20-28(38)36-14-13-32(47(40,41)17-15-36,18-27(37)35-45-29-6-4-5-16-42-29)26-12-11-25(46-26)23-9-7-22(8-10-23)24-19-33-21-43-24/h7-12,19,21,29H,4-6,13-18,20H2,1-3H3,(H,34,39)(H,35,37). The molecule has 254 valence electrons. The molecule has 3 amide bonds. The van der Waals surface area contributed by atoms with Gasteiger partial charge in [-0.1, -0.05) is 24.3 Å². The van der Waals surface area contributed by atoms with Crippen molar-refractivity contribution in [3.8, 4) is 21.8 Å². The van der Waals surface area contributed by atoms with Crippen LogP contribution in [-0.4, -0.2) is 80.1 Å². The number of hydrogen-bond acceptors (Lipinski definition) is 11. The predicted octanol–water partition coefficient (Wildman–Crippen LogP) is 4.40. The molecule has 2 saturated heterocycles. The first-order valence-electron chi connectivity index (χ1n) is 15.5. The van der Waals surface area contributed by atoms with Crippen LogP contribution in [-0.2, 0) is 38.5 Å². The highest BCUT2D eigenvalue weighted by molar-refractivity contribution is 7.92. The van der Waals surface area contributed by atoms with E-state index in [-0.39, 0.29) is 31.8 Å². The number of hydroxylamine groups is 1. The lowest BCUT2D eigenvalue weighted by molar-refractivity contribution is -0.200. The van der Waals surface area contributed by atoms with Gasteiger partial charge >= 0.3 is 6.09 Å². The van der Waals surface area contributed by atoms with E-state index < -0.39 is 50.8 Å². The van der Waals surface area contributed by atoms with Crippen molar-refractivity contribution >= 4 is 39.1 Å². The summed E-state index contributed by atoms with van der Waals surface area (Å²) in [7, 11) is -4.00. The van der Waals surface area contributed by atoms with E-state index in [1.807, 2.05) is 30.3 Å².